The van der Waals surface area contributed by atoms with Gasteiger partial charge in [0, 0.05) is 0 Å². The molecule has 2 aromatic rings. The number of aromatic carboxylic acids is 1. The lowest BCUT2D eigenvalue weighted by Gasteiger charge is -2.04. The van der Waals surface area contributed by atoms with Crippen molar-refractivity contribution in [3.8, 4) is 11.3 Å². The third kappa shape index (κ3) is 1.65. The summed E-state index contributed by atoms with van der Waals surface area (Å²) in [6.07, 6.45) is 1.11. The average molecular weight is 241 g/mol. The van der Waals surface area contributed by atoms with E-state index in [1.54, 1.807) is 0 Å². The van der Waals surface area contributed by atoms with Gasteiger partial charge in [0.2, 0.25) is 0 Å². The van der Waals surface area contributed by atoms with E-state index in [0.717, 1.165) is 6.20 Å². The normalized spacial score (nSPS) is 10.4. The van der Waals surface area contributed by atoms with Crippen molar-refractivity contribution in [1.29, 1.82) is 0 Å². The Morgan fingerprint density at radius 3 is 2.88 bits per heavy atom. The average Bonchev–Trinajstić information content (AvgIpc) is 2.66. The summed E-state index contributed by atoms with van der Waals surface area (Å²) in [5.74, 6) is -1.79. The Bertz CT molecular complexity index is 533. The number of hydrogen-bond donors (Lipinski definition) is 2. The van der Waals surface area contributed by atoms with E-state index in [4.69, 9.17) is 16.7 Å². The van der Waals surface area contributed by atoms with Crippen molar-refractivity contribution in [1.82, 2.24) is 10.2 Å². The van der Waals surface area contributed by atoms with E-state index in [1.165, 1.54) is 18.2 Å². The van der Waals surface area contributed by atoms with Crippen molar-refractivity contribution in [2.24, 2.45) is 0 Å². The second-order valence-electron chi connectivity index (χ2n) is 3.06. The number of halogens is 2. The third-order valence-electron chi connectivity index (χ3n) is 2.08. The molecule has 0 radical (unpaired) electrons. The van der Waals surface area contributed by atoms with Gasteiger partial charge in [-0.05, 0) is 12.1 Å². The van der Waals surface area contributed by atoms with E-state index < -0.39 is 11.8 Å². The molecule has 0 amide bonds. The quantitative estimate of drug-likeness (QED) is 0.848. The summed E-state index contributed by atoms with van der Waals surface area (Å²) in [5.41, 5.74) is -0.0401. The standard InChI is InChI=1S/C10H6ClFN2O2/c11-6-2-1-3-7(12)8(6)9-5(10(15)16)4-13-14-9/h1-4H,(H,13,14)(H,15,16). The number of nitrogens with one attached hydrogen (secondary N) is 1. The molecule has 1 aromatic heterocycles. The highest BCUT2D eigenvalue weighted by Gasteiger charge is 2.19. The Labute approximate surface area is 94.7 Å². The number of benzene rings is 1. The molecule has 0 saturated carbocycles. The van der Waals surface area contributed by atoms with Crippen molar-refractivity contribution in [2.75, 3.05) is 0 Å². The van der Waals surface area contributed by atoms with Crippen molar-refractivity contribution in [3.05, 3.63) is 40.8 Å². The van der Waals surface area contributed by atoms with Crippen LogP contribution in [-0.4, -0.2) is 21.3 Å². The van der Waals surface area contributed by atoms with Crippen molar-refractivity contribution < 1.29 is 14.3 Å². The highest BCUT2D eigenvalue weighted by molar-refractivity contribution is 6.33. The van der Waals surface area contributed by atoms with Crippen LogP contribution in [0.3, 0.4) is 0 Å². The summed E-state index contributed by atoms with van der Waals surface area (Å²) in [5, 5.41) is 15.0. The van der Waals surface area contributed by atoms with E-state index in [0.29, 0.717) is 0 Å². The fraction of sp³-hybridized carbons (Fsp3) is 0. The van der Waals surface area contributed by atoms with Gasteiger partial charge in [0.15, 0.2) is 0 Å². The lowest BCUT2D eigenvalue weighted by molar-refractivity contribution is 0.0698. The number of hydrogen-bond acceptors (Lipinski definition) is 2. The second-order valence-corrected chi connectivity index (χ2v) is 3.47. The van der Waals surface area contributed by atoms with Gasteiger partial charge in [-0.25, -0.2) is 9.18 Å². The number of rotatable bonds is 2. The number of nitrogens with zero attached hydrogens (tertiary/aromatic N) is 1. The molecule has 6 heteroatoms. The van der Waals surface area contributed by atoms with Crippen LogP contribution in [0.25, 0.3) is 11.3 Å². The molecule has 0 spiro atoms. The molecule has 0 fully saturated rings. The molecule has 0 aliphatic rings. The monoisotopic (exact) mass is 240 g/mol. The maximum atomic E-state index is 13.5. The third-order valence-corrected chi connectivity index (χ3v) is 2.40. The van der Waals surface area contributed by atoms with Crippen LogP contribution in [0.4, 0.5) is 4.39 Å². The van der Waals surface area contributed by atoms with Crippen molar-refractivity contribution >= 4 is 17.6 Å². The summed E-state index contributed by atoms with van der Waals surface area (Å²) >= 11 is 5.82. The number of aromatic nitrogens is 2. The summed E-state index contributed by atoms with van der Waals surface area (Å²) in [7, 11) is 0. The van der Waals surface area contributed by atoms with Gasteiger partial charge >= 0.3 is 5.97 Å². The Kier molecular flexibility index (Phi) is 2.62. The maximum absolute atomic E-state index is 13.5. The van der Waals surface area contributed by atoms with Gasteiger partial charge in [0.1, 0.15) is 11.4 Å². The first-order valence-electron chi connectivity index (χ1n) is 4.32. The minimum atomic E-state index is -1.19. The topological polar surface area (TPSA) is 66.0 Å². The SMILES string of the molecule is O=C(O)c1cn[nH]c1-c1c(F)cccc1Cl. The molecule has 0 unspecified atom stereocenters. The molecule has 1 aromatic carbocycles. The van der Waals surface area contributed by atoms with E-state index in [-0.39, 0.29) is 21.8 Å². The van der Waals surface area contributed by atoms with E-state index in [2.05, 4.69) is 10.2 Å². The largest absolute Gasteiger partial charge is 0.478 e. The van der Waals surface area contributed by atoms with E-state index in [1.807, 2.05) is 0 Å². The first kappa shape index (κ1) is 10.6. The Morgan fingerprint density at radius 2 is 2.25 bits per heavy atom. The van der Waals surface area contributed by atoms with Crippen LogP contribution < -0.4 is 0 Å². The minimum Gasteiger partial charge on any atom is -0.478 e. The number of H-pyrrole nitrogens is 1. The molecule has 4 nitrogen and oxygen atoms in total. The zero-order valence-corrected chi connectivity index (χ0v) is 8.62. The van der Waals surface area contributed by atoms with Gasteiger partial charge in [-0.1, -0.05) is 17.7 Å². The molecular weight excluding hydrogens is 235 g/mol. The van der Waals surface area contributed by atoms with E-state index in [9.17, 15) is 9.18 Å². The Morgan fingerprint density at radius 1 is 1.50 bits per heavy atom. The summed E-state index contributed by atoms with van der Waals surface area (Å²) < 4.78 is 13.5. The molecule has 0 saturated heterocycles. The maximum Gasteiger partial charge on any atom is 0.339 e. The van der Waals surface area contributed by atoms with Crippen LogP contribution in [0.2, 0.25) is 5.02 Å². The predicted molar refractivity (Wildman–Crippen MR) is 56.0 cm³/mol. The highest BCUT2D eigenvalue weighted by Crippen LogP contribution is 2.31. The summed E-state index contributed by atoms with van der Waals surface area (Å²) in [4.78, 5) is 10.9. The van der Waals surface area contributed by atoms with Gasteiger partial charge < -0.3 is 5.11 Å². The van der Waals surface area contributed by atoms with Crippen LogP contribution in [0, 0.1) is 5.82 Å². The summed E-state index contributed by atoms with van der Waals surface area (Å²) in [6.45, 7) is 0. The van der Waals surface area contributed by atoms with Crippen LogP contribution in [-0.2, 0) is 0 Å². The van der Waals surface area contributed by atoms with Gasteiger partial charge in [-0.2, -0.15) is 5.10 Å². The fourth-order valence-corrected chi connectivity index (χ4v) is 1.63. The fourth-order valence-electron chi connectivity index (χ4n) is 1.38. The molecule has 82 valence electrons. The predicted octanol–water partition coefficient (Wildman–Crippen LogP) is 2.57. The highest BCUT2D eigenvalue weighted by atomic mass is 35.5. The van der Waals surface area contributed by atoms with Gasteiger partial charge in [-0.3, -0.25) is 5.10 Å². The van der Waals surface area contributed by atoms with Crippen LogP contribution >= 0.6 is 11.6 Å². The number of carbonyl (C=O) groups is 1. The molecule has 2 rings (SSSR count). The molecule has 2 N–H and O–H groups in total. The molecule has 0 aliphatic heterocycles. The van der Waals surface area contributed by atoms with Crippen LogP contribution in [0.15, 0.2) is 24.4 Å². The first-order valence-corrected chi connectivity index (χ1v) is 4.70. The van der Waals surface area contributed by atoms with Crippen LogP contribution in [0.5, 0.6) is 0 Å². The Hall–Kier alpha value is -1.88. The molecule has 0 atom stereocenters. The number of carboxylic acid groups (broad SMARTS) is 1. The minimum absolute atomic E-state index is 0.0130. The van der Waals surface area contributed by atoms with Gasteiger partial charge in [-0.15, -0.1) is 0 Å². The molecule has 0 bridgehead atoms. The lowest BCUT2D eigenvalue weighted by Crippen LogP contribution is -1.98. The smallest absolute Gasteiger partial charge is 0.339 e. The number of carboxylic acids is 1. The lowest BCUT2D eigenvalue weighted by atomic mass is 10.1. The van der Waals surface area contributed by atoms with Crippen molar-refractivity contribution in [2.45, 2.75) is 0 Å². The Balaban J connectivity index is 2.68. The molecular formula is C10H6ClFN2O2. The van der Waals surface area contributed by atoms with Gasteiger partial charge in [0.25, 0.3) is 0 Å². The summed E-state index contributed by atoms with van der Waals surface area (Å²) in [6, 6.07) is 4.12. The van der Waals surface area contributed by atoms with Gasteiger partial charge in [0.05, 0.1) is 22.5 Å². The number of aromatic amines is 1. The molecule has 1 heterocycles. The second kappa shape index (κ2) is 3.94. The van der Waals surface area contributed by atoms with E-state index >= 15 is 0 Å². The molecule has 16 heavy (non-hydrogen) atoms. The van der Waals surface area contributed by atoms with Crippen LogP contribution in [0.1, 0.15) is 10.4 Å². The van der Waals surface area contributed by atoms with Crippen molar-refractivity contribution in [3.63, 3.8) is 0 Å². The molecule has 0 aliphatic carbocycles. The zero-order valence-electron chi connectivity index (χ0n) is 7.87. The zero-order chi connectivity index (χ0) is 11.7. The first-order chi connectivity index (χ1) is 7.61.